The minimum atomic E-state index is -0.0224. The number of hydrogen-bond donors (Lipinski definition) is 2. The molecule has 4 heteroatoms. The van der Waals surface area contributed by atoms with Gasteiger partial charge >= 0.3 is 0 Å². The molecule has 1 fully saturated rings. The molecule has 0 aliphatic heterocycles. The third-order valence-corrected chi connectivity index (χ3v) is 5.92. The predicted molar refractivity (Wildman–Crippen MR) is 79.4 cm³/mol. The summed E-state index contributed by atoms with van der Waals surface area (Å²) in [6.45, 7) is 1.08. The highest BCUT2D eigenvalue weighted by atomic mass is 127. The SMILES string of the molecule is OC1CC(CNC2CCCc3sc(I)cc32)C1. The monoisotopic (exact) mass is 363 g/mol. The van der Waals surface area contributed by atoms with Crippen molar-refractivity contribution in [2.45, 2.75) is 44.2 Å². The zero-order valence-corrected chi connectivity index (χ0v) is 12.8. The first-order valence-corrected chi connectivity index (χ1v) is 8.31. The third-order valence-electron chi connectivity index (χ3n) is 3.95. The molecule has 1 aromatic heterocycles. The quantitative estimate of drug-likeness (QED) is 0.809. The first kappa shape index (κ1) is 12.4. The maximum Gasteiger partial charge on any atom is 0.0659 e. The van der Waals surface area contributed by atoms with Crippen molar-refractivity contribution in [1.82, 2.24) is 5.32 Å². The lowest BCUT2D eigenvalue weighted by atomic mass is 9.82. The molecule has 1 unspecified atom stereocenters. The molecule has 0 amide bonds. The molecule has 17 heavy (non-hydrogen) atoms. The smallest absolute Gasteiger partial charge is 0.0659 e. The van der Waals surface area contributed by atoms with Gasteiger partial charge in [-0.1, -0.05) is 0 Å². The fraction of sp³-hybridized carbons (Fsp3) is 0.692. The molecule has 94 valence electrons. The van der Waals surface area contributed by atoms with Crippen molar-refractivity contribution in [1.29, 1.82) is 0 Å². The summed E-state index contributed by atoms with van der Waals surface area (Å²) in [5.41, 5.74) is 1.55. The van der Waals surface area contributed by atoms with E-state index < -0.39 is 0 Å². The number of rotatable bonds is 3. The van der Waals surface area contributed by atoms with Gasteiger partial charge in [0.15, 0.2) is 0 Å². The van der Waals surface area contributed by atoms with Crippen molar-refractivity contribution in [3.63, 3.8) is 0 Å². The summed E-state index contributed by atoms with van der Waals surface area (Å²) < 4.78 is 1.42. The fourth-order valence-electron chi connectivity index (χ4n) is 2.91. The van der Waals surface area contributed by atoms with E-state index in [1.807, 2.05) is 11.3 Å². The van der Waals surface area contributed by atoms with Crippen LogP contribution in [0.2, 0.25) is 0 Å². The maximum absolute atomic E-state index is 9.29. The standard InChI is InChI=1S/C13H18INOS/c14-13-6-10-11(2-1-3-12(10)17-13)15-7-8-4-9(16)5-8/h6,8-9,11,15-16H,1-5,7H2. The van der Waals surface area contributed by atoms with E-state index in [2.05, 4.69) is 34.0 Å². The van der Waals surface area contributed by atoms with E-state index in [4.69, 9.17) is 0 Å². The molecular formula is C13H18INOS. The molecule has 0 spiro atoms. The number of halogens is 1. The average Bonchev–Trinajstić information content (AvgIpc) is 2.63. The highest BCUT2D eigenvalue weighted by Gasteiger charge is 2.29. The molecule has 0 radical (unpaired) electrons. The van der Waals surface area contributed by atoms with Gasteiger partial charge in [-0.25, -0.2) is 0 Å². The highest BCUT2D eigenvalue weighted by Crippen LogP contribution is 2.37. The summed E-state index contributed by atoms with van der Waals surface area (Å²) in [6, 6.07) is 2.92. The number of fused-ring (bicyclic) bond motifs is 1. The van der Waals surface area contributed by atoms with Gasteiger partial charge in [-0.2, -0.15) is 0 Å². The van der Waals surface area contributed by atoms with E-state index in [1.54, 1.807) is 10.4 Å². The second kappa shape index (κ2) is 5.15. The molecule has 1 atom stereocenters. The number of nitrogens with one attached hydrogen (secondary N) is 1. The molecular weight excluding hydrogens is 345 g/mol. The Balaban J connectivity index is 1.60. The molecule has 2 nitrogen and oxygen atoms in total. The van der Waals surface area contributed by atoms with Gasteiger partial charge in [-0.3, -0.25) is 0 Å². The zero-order valence-electron chi connectivity index (χ0n) is 9.79. The Morgan fingerprint density at radius 3 is 3.06 bits per heavy atom. The molecule has 2 aliphatic rings. The molecule has 2 N–H and O–H groups in total. The van der Waals surface area contributed by atoms with Crippen molar-refractivity contribution in [3.05, 3.63) is 19.4 Å². The Bertz CT molecular complexity index is 400. The predicted octanol–water partition coefficient (Wildman–Crippen LogP) is 3.09. The van der Waals surface area contributed by atoms with E-state index in [0.29, 0.717) is 12.0 Å². The Hall–Kier alpha value is 0.350. The molecule has 0 saturated heterocycles. The van der Waals surface area contributed by atoms with Crippen LogP contribution in [-0.4, -0.2) is 17.8 Å². The second-order valence-electron chi connectivity index (χ2n) is 5.27. The third kappa shape index (κ3) is 2.69. The summed E-state index contributed by atoms with van der Waals surface area (Å²) >= 11 is 4.39. The summed E-state index contributed by atoms with van der Waals surface area (Å²) in [6.07, 6.45) is 5.82. The average molecular weight is 363 g/mol. The number of aryl methyl sites for hydroxylation is 1. The lowest BCUT2D eigenvalue weighted by molar-refractivity contribution is 0.0416. The number of thiophene rings is 1. The molecule has 0 bridgehead atoms. The Morgan fingerprint density at radius 1 is 1.47 bits per heavy atom. The summed E-state index contributed by atoms with van der Waals surface area (Å²) in [4.78, 5) is 1.59. The van der Waals surface area contributed by atoms with Gasteiger partial charge in [0.05, 0.1) is 8.99 Å². The van der Waals surface area contributed by atoms with Crippen LogP contribution in [0.3, 0.4) is 0 Å². The van der Waals surface area contributed by atoms with Gasteiger partial charge < -0.3 is 10.4 Å². The second-order valence-corrected chi connectivity index (χ2v) is 8.30. The van der Waals surface area contributed by atoms with Crippen LogP contribution in [-0.2, 0) is 6.42 Å². The lowest BCUT2D eigenvalue weighted by Crippen LogP contribution is -2.38. The van der Waals surface area contributed by atoms with Gasteiger partial charge in [0.2, 0.25) is 0 Å². The van der Waals surface area contributed by atoms with E-state index in [9.17, 15) is 5.11 Å². The first-order chi connectivity index (χ1) is 8.22. The lowest BCUT2D eigenvalue weighted by Gasteiger charge is -2.33. The number of hydrogen-bond acceptors (Lipinski definition) is 3. The molecule has 1 saturated carbocycles. The van der Waals surface area contributed by atoms with Crippen LogP contribution in [0.15, 0.2) is 6.07 Å². The summed E-state index contributed by atoms with van der Waals surface area (Å²) in [5, 5.41) is 13.0. The van der Waals surface area contributed by atoms with E-state index in [-0.39, 0.29) is 6.10 Å². The molecule has 0 aromatic carbocycles. The Morgan fingerprint density at radius 2 is 2.29 bits per heavy atom. The van der Waals surface area contributed by atoms with Gasteiger partial charge in [-0.15, -0.1) is 11.3 Å². The van der Waals surface area contributed by atoms with Crippen LogP contribution in [0.25, 0.3) is 0 Å². The fourth-order valence-corrected chi connectivity index (χ4v) is 5.03. The van der Waals surface area contributed by atoms with Crippen LogP contribution in [0.5, 0.6) is 0 Å². The largest absolute Gasteiger partial charge is 0.393 e. The number of aliphatic hydroxyl groups is 1. The van der Waals surface area contributed by atoms with Crippen LogP contribution in [0, 0.1) is 8.80 Å². The van der Waals surface area contributed by atoms with Crippen LogP contribution < -0.4 is 5.32 Å². The van der Waals surface area contributed by atoms with Crippen LogP contribution >= 0.6 is 33.9 Å². The molecule has 1 heterocycles. The summed E-state index contributed by atoms with van der Waals surface area (Å²) in [7, 11) is 0. The minimum Gasteiger partial charge on any atom is -0.393 e. The topological polar surface area (TPSA) is 32.3 Å². The summed E-state index contributed by atoms with van der Waals surface area (Å²) in [5.74, 6) is 0.702. The van der Waals surface area contributed by atoms with Crippen LogP contribution in [0.1, 0.15) is 42.2 Å². The molecule has 2 aliphatic carbocycles. The van der Waals surface area contributed by atoms with Crippen molar-refractivity contribution >= 4 is 33.9 Å². The van der Waals surface area contributed by atoms with Gasteiger partial charge in [-0.05, 0) is 78.8 Å². The van der Waals surface area contributed by atoms with E-state index in [0.717, 1.165) is 19.4 Å². The van der Waals surface area contributed by atoms with Crippen molar-refractivity contribution in [2.24, 2.45) is 5.92 Å². The Kier molecular flexibility index (Phi) is 3.75. The minimum absolute atomic E-state index is 0.0224. The molecule has 1 aromatic rings. The Labute approximate surface area is 120 Å². The van der Waals surface area contributed by atoms with Crippen molar-refractivity contribution < 1.29 is 5.11 Å². The normalized spacial score (nSPS) is 32.0. The van der Waals surface area contributed by atoms with Crippen LogP contribution in [0.4, 0.5) is 0 Å². The van der Waals surface area contributed by atoms with Gasteiger partial charge in [0, 0.05) is 10.9 Å². The first-order valence-electron chi connectivity index (χ1n) is 6.42. The van der Waals surface area contributed by atoms with Crippen molar-refractivity contribution in [2.75, 3.05) is 6.54 Å². The highest BCUT2D eigenvalue weighted by molar-refractivity contribution is 14.1. The van der Waals surface area contributed by atoms with Crippen molar-refractivity contribution in [3.8, 4) is 0 Å². The van der Waals surface area contributed by atoms with Gasteiger partial charge in [0.25, 0.3) is 0 Å². The van der Waals surface area contributed by atoms with E-state index >= 15 is 0 Å². The zero-order chi connectivity index (χ0) is 11.8. The van der Waals surface area contributed by atoms with E-state index in [1.165, 1.54) is 22.1 Å². The molecule has 3 rings (SSSR count). The van der Waals surface area contributed by atoms with Gasteiger partial charge in [0.1, 0.15) is 0 Å². The number of aliphatic hydroxyl groups excluding tert-OH is 1. The maximum atomic E-state index is 9.29.